The van der Waals surface area contributed by atoms with Gasteiger partial charge in [-0.05, 0) is 42.8 Å². The van der Waals surface area contributed by atoms with Gasteiger partial charge in [-0.25, -0.2) is 9.78 Å². The van der Waals surface area contributed by atoms with Gasteiger partial charge in [0.2, 0.25) is 0 Å². The first kappa shape index (κ1) is 16.0. The molecule has 0 amide bonds. The summed E-state index contributed by atoms with van der Waals surface area (Å²) in [7, 11) is 0. The highest BCUT2D eigenvalue weighted by molar-refractivity contribution is 6.32. The van der Waals surface area contributed by atoms with Gasteiger partial charge in [0.05, 0.1) is 33.4 Å². The number of aromatic nitrogens is 1. The fraction of sp³-hybridized carbons (Fsp3) is 0.105. The molecule has 0 saturated carbocycles. The summed E-state index contributed by atoms with van der Waals surface area (Å²) in [6.07, 6.45) is 0. The minimum atomic E-state index is -0.483. The average molecular weight is 337 g/mol. The lowest BCUT2D eigenvalue weighted by molar-refractivity contribution is 0.0468. The van der Waals surface area contributed by atoms with Crippen LogP contribution in [-0.2, 0) is 11.3 Å². The summed E-state index contributed by atoms with van der Waals surface area (Å²) in [5.41, 5.74) is 3.11. The molecule has 3 aromatic rings. The molecule has 0 aliphatic rings. The van der Waals surface area contributed by atoms with Crippen LogP contribution in [-0.4, -0.2) is 11.0 Å². The number of aryl methyl sites for hydroxylation is 1. The molecule has 0 radical (unpaired) electrons. The van der Waals surface area contributed by atoms with Gasteiger partial charge in [-0.15, -0.1) is 0 Å². The summed E-state index contributed by atoms with van der Waals surface area (Å²) in [5.74, 6) is -0.483. The Morgan fingerprint density at radius 1 is 1.21 bits per heavy atom. The van der Waals surface area contributed by atoms with E-state index in [0.29, 0.717) is 21.8 Å². The fourth-order valence-corrected chi connectivity index (χ4v) is 2.61. The van der Waals surface area contributed by atoms with Crippen molar-refractivity contribution in [2.24, 2.45) is 0 Å². The number of hydrogen-bond donors (Lipinski definition) is 0. The molecular weight excluding hydrogens is 324 g/mol. The molecule has 0 N–H and O–H groups in total. The summed E-state index contributed by atoms with van der Waals surface area (Å²) in [6, 6.07) is 15.9. The van der Waals surface area contributed by atoms with Crippen LogP contribution in [0.3, 0.4) is 0 Å². The third-order valence-corrected chi connectivity index (χ3v) is 4.24. The van der Waals surface area contributed by atoms with E-state index in [1.54, 1.807) is 24.3 Å². The summed E-state index contributed by atoms with van der Waals surface area (Å²) in [6.45, 7) is 1.90. The lowest BCUT2D eigenvalue weighted by atomic mass is 10.1. The van der Waals surface area contributed by atoms with Gasteiger partial charge in [0.1, 0.15) is 6.61 Å². The molecule has 1 aromatic heterocycles. The first-order chi connectivity index (χ1) is 11.6. The van der Waals surface area contributed by atoms with Crippen molar-refractivity contribution in [2.75, 3.05) is 0 Å². The smallest absolute Gasteiger partial charge is 0.338 e. The number of para-hydroxylation sites is 1. The Kier molecular flexibility index (Phi) is 4.45. The highest BCUT2D eigenvalue weighted by Crippen LogP contribution is 2.27. The highest BCUT2D eigenvalue weighted by Gasteiger charge is 2.13. The van der Waals surface area contributed by atoms with Crippen LogP contribution in [0.15, 0.2) is 48.5 Å². The Hall–Kier alpha value is -2.90. The summed E-state index contributed by atoms with van der Waals surface area (Å²) < 4.78 is 5.30. The molecule has 24 heavy (non-hydrogen) atoms. The van der Waals surface area contributed by atoms with Crippen molar-refractivity contribution < 1.29 is 9.53 Å². The Labute approximate surface area is 144 Å². The van der Waals surface area contributed by atoms with Crippen LogP contribution in [0.2, 0.25) is 5.02 Å². The summed E-state index contributed by atoms with van der Waals surface area (Å²) in [4.78, 5) is 16.6. The van der Waals surface area contributed by atoms with Crippen LogP contribution in [0.5, 0.6) is 0 Å². The van der Waals surface area contributed by atoms with Gasteiger partial charge in [0.15, 0.2) is 0 Å². The van der Waals surface area contributed by atoms with Crippen LogP contribution >= 0.6 is 11.6 Å². The largest absolute Gasteiger partial charge is 0.456 e. The Bertz CT molecular complexity index is 960. The predicted octanol–water partition coefficient (Wildman–Crippen LogP) is 4.43. The van der Waals surface area contributed by atoms with Crippen LogP contribution in [0.25, 0.3) is 10.9 Å². The maximum atomic E-state index is 12.1. The summed E-state index contributed by atoms with van der Waals surface area (Å²) >= 11 is 6.35. The SMILES string of the molecule is Cc1c(Cl)c(COC(=O)c2ccc(C#N)cc2)nc2ccccc12. The Balaban J connectivity index is 1.81. The van der Waals surface area contributed by atoms with Gasteiger partial charge in [-0.2, -0.15) is 5.26 Å². The summed E-state index contributed by atoms with van der Waals surface area (Å²) in [5, 5.41) is 10.3. The van der Waals surface area contributed by atoms with E-state index in [0.717, 1.165) is 16.5 Å². The van der Waals surface area contributed by atoms with Crippen LogP contribution < -0.4 is 0 Å². The van der Waals surface area contributed by atoms with Gasteiger partial charge >= 0.3 is 5.97 Å². The van der Waals surface area contributed by atoms with Gasteiger partial charge in [0, 0.05) is 5.39 Å². The lowest BCUT2D eigenvalue weighted by Gasteiger charge is -2.10. The van der Waals surface area contributed by atoms with Crippen molar-refractivity contribution in [3.8, 4) is 6.07 Å². The topological polar surface area (TPSA) is 63.0 Å². The van der Waals surface area contributed by atoms with Crippen LogP contribution in [0.4, 0.5) is 0 Å². The molecule has 0 aliphatic carbocycles. The second kappa shape index (κ2) is 6.69. The number of nitriles is 1. The second-order valence-corrected chi connectivity index (χ2v) is 5.66. The molecule has 0 saturated heterocycles. The van der Waals surface area contributed by atoms with E-state index < -0.39 is 5.97 Å². The van der Waals surface area contributed by atoms with Crippen LogP contribution in [0, 0.1) is 18.3 Å². The van der Waals surface area contributed by atoms with Gasteiger partial charge in [-0.1, -0.05) is 29.8 Å². The monoisotopic (exact) mass is 336 g/mol. The predicted molar refractivity (Wildman–Crippen MR) is 91.8 cm³/mol. The third kappa shape index (κ3) is 3.08. The zero-order chi connectivity index (χ0) is 17.1. The van der Waals surface area contributed by atoms with E-state index in [4.69, 9.17) is 21.6 Å². The molecule has 4 nitrogen and oxygen atoms in total. The van der Waals surface area contributed by atoms with E-state index in [2.05, 4.69) is 4.98 Å². The van der Waals surface area contributed by atoms with Gasteiger partial charge in [-0.3, -0.25) is 0 Å². The fourth-order valence-electron chi connectivity index (χ4n) is 2.41. The van der Waals surface area contributed by atoms with Crippen molar-refractivity contribution in [1.82, 2.24) is 4.98 Å². The maximum Gasteiger partial charge on any atom is 0.338 e. The van der Waals surface area contributed by atoms with Gasteiger partial charge in [0.25, 0.3) is 0 Å². The first-order valence-corrected chi connectivity index (χ1v) is 7.69. The molecule has 3 rings (SSSR count). The van der Waals surface area contributed by atoms with E-state index in [-0.39, 0.29) is 6.61 Å². The molecule has 0 bridgehead atoms. The van der Waals surface area contributed by atoms with Crippen LogP contribution in [0.1, 0.15) is 27.2 Å². The molecule has 2 aromatic carbocycles. The maximum absolute atomic E-state index is 12.1. The number of carbonyl (C=O) groups excluding carboxylic acids is 1. The van der Waals surface area contributed by atoms with Crippen molar-refractivity contribution in [3.05, 3.63) is 75.9 Å². The van der Waals surface area contributed by atoms with Gasteiger partial charge < -0.3 is 4.74 Å². The number of carbonyl (C=O) groups is 1. The van der Waals surface area contributed by atoms with E-state index in [9.17, 15) is 4.79 Å². The zero-order valence-electron chi connectivity index (χ0n) is 12.9. The second-order valence-electron chi connectivity index (χ2n) is 5.28. The molecule has 0 atom stereocenters. The van der Waals surface area contributed by atoms with Crippen molar-refractivity contribution in [2.45, 2.75) is 13.5 Å². The number of pyridine rings is 1. The normalized spacial score (nSPS) is 10.4. The molecule has 0 fully saturated rings. The quantitative estimate of drug-likeness (QED) is 0.664. The minimum Gasteiger partial charge on any atom is -0.456 e. The highest BCUT2D eigenvalue weighted by atomic mass is 35.5. The number of esters is 1. The lowest BCUT2D eigenvalue weighted by Crippen LogP contribution is -2.07. The van der Waals surface area contributed by atoms with Crippen molar-refractivity contribution in [1.29, 1.82) is 5.26 Å². The molecule has 118 valence electrons. The average Bonchev–Trinajstić information content (AvgIpc) is 2.63. The minimum absolute atomic E-state index is 0.0106. The van der Waals surface area contributed by atoms with Crippen molar-refractivity contribution >= 4 is 28.5 Å². The first-order valence-electron chi connectivity index (χ1n) is 7.31. The number of ether oxygens (including phenoxy) is 1. The van der Waals surface area contributed by atoms with E-state index in [1.807, 2.05) is 37.3 Å². The third-order valence-electron chi connectivity index (χ3n) is 3.74. The zero-order valence-corrected chi connectivity index (χ0v) is 13.7. The van der Waals surface area contributed by atoms with E-state index >= 15 is 0 Å². The number of benzene rings is 2. The molecular formula is C19H13ClN2O2. The number of nitrogens with zero attached hydrogens (tertiary/aromatic N) is 2. The van der Waals surface area contributed by atoms with E-state index in [1.165, 1.54) is 0 Å². The number of rotatable bonds is 3. The molecule has 1 heterocycles. The Morgan fingerprint density at radius 3 is 2.62 bits per heavy atom. The molecule has 0 aliphatic heterocycles. The standard InChI is InChI=1S/C19H13ClN2O2/c1-12-15-4-2-3-5-16(15)22-17(18(12)20)11-24-19(23)14-8-6-13(10-21)7-9-14/h2-9H,11H2,1H3. The molecule has 0 unspecified atom stereocenters. The van der Waals surface area contributed by atoms with Crippen molar-refractivity contribution in [3.63, 3.8) is 0 Å². The molecule has 0 spiro atoms. The molecule has 5 heteroatoms. The number of fused-ring (bicyclic) bond motifs is 1. The number of halogens is 1. The Morgan fingerprint density at radius 2 is 1.92 bits per heavy atom. The number of hydrogen-bond acceptors (Lipinski definition) is 4.